The lowest BCUT2D eigenvalue weighted by Gasteiger charge is -2.07. The van der Waals surface area contributed by atoms with E-state index in [0.29, 0.717) is 11.5 Å². The van der Waals surface area contributed by atoms with Crippen molar-refractivity contribution in [3.8, 4) is 0 Å². The number of aryl methyl sites for hydroxylation is 2. The van der Waals surface area contributed by atoms with Crippen LogP contribution >= 0.6 is 11.3 Å². The summed E-state index contributed by atoms with van der Waals surface area (Å²) in [5.41, 5.74) is 1.66. The van der Waals surface area contributed by atoms with Crippen LogP contribution in [-0.4, -0.2) is 20.7 Å². The molecule has 1 aromatic carbocycles. The third-order valence-corrected chi connectivity index (χ3v) is 4.10. The van der Waals surface area contributed by atoms with Crippen LogP contribution in [0.5, 0.6) is 0 Å². The number of carbonyl (C=O) groups is 1. The van der Waals surface area contributed by atoms with Crippen molar-refractivity contribution in [1.29, 1.82) is 0 Å². The molecule has 1 amide bonds. The second-order valence-electron chi connectivity index (χ2n) is 4.24. The summed E-state index contributed by atoms with van der Waals surface area (Å²) in [5.74, 6) is 0.277. The largest absolute Gasteiger partial charge is 0.291 e. The SMILES string of the molecule is Cc1c(C(=O)Nc2ncnn2C)ccc2ccsc12. The molecule has 0 saturated heterocycles. The summed E-state index contributed by atoms with van der Waals surface area (Å²) < 4.78 is 2.67. The molecule has 3 rings (SSSR count). The Balaban J connectivity index is 1.97. The first kappa shape index (κ1) is 11.9. The van der Waals surface area contributed by atoms with Crippen molar-refractivity contribution in [1.82, 2.24) is 14.8 Å². The van der Waals surface area contributed by atoms with Crippen molar-refractivity contribution < 1.29 is 4.79 Å². The molecule has 3 aromatic rings. The van der Waals surface area contributed by atoms with Gasteiger partial charge in [0.1, 0.15) is 6.33 Å². The van der Waals surface area contributed by atoms with Crippen LogP contribution in [0.15, 0.2) is 29.9 Å². The Hall–Kier alpha value is -2.21. The predicted octanol–water partition coefficient (Wildman–Crippen LogP) is 2.59. The van der Waals surface area contributed by atoms with Gasteiger partial charge in [0.15, 0.2) is 0 Å². The number of thiophene rings is 1. The number of hydrogen-bond donors (Lipinski definition) is 1. The standard InChI is InChI=1S/C13H12N4OS/c1-8-10(4-3-9-5-6-19-11(8)9)12(18)16-13-14-7-15-17(13)2/h3-7H,1-2H3,(H,14,15,16,18). The molecule has 0 bridgehead atoms. The number of carbonyl (C=O) groups excluding carboxylic acids is 1. The molecule has 2 aromatic heterocycles. The first-order chi connectivity index (χ1) is 9.16. The van der Waals surface area contributed by atoms with Gasteiger partial charge < -0.3 is 0 Å². The molecule has 0 fully saturated rings. The monoisotopic (exact) mass is 272 g/mol. The minimum atomic E-state index is -0.163. The molecule has 0 radical (unpaired) electrons. The lowest BCUT2D eigenvalue weighted by atomic mass is 10.1. The molecule has 0 aliphatic rings. The number of nitrogens with one attached hydrogen (secondary N) is 1. The maximum atomic E-state index is 12.3. The first-order valence-electron chi connectivity index (χ1n) is 5.79. The summed E-state index contributed by atoms with van der Waals surface area (Å²) in [5, 5.41) is 9.87. The van der Waals surface area contributed by atoms with E-state index in [1.807, 2.05) is 24.4 Å². The summed E-state index contributed by atoms with van der Waals surface area (Å²) in [7, 11) is 1.73. The molecule has 1 N–H and O–H groups in total. The number of aromatic nitrogens is 3. The van der Waals surface area contributed by atoms with Gasteiger partial charge in [0.05, 0.1) is 0 Å². The van der Waals surface area contributed by atoms with Crippen LogP contribution in [0.3, 0.4) is 0 Å². The van der Waals surface area contributed by atoms with Gasteiger partial charge in [-0.25, -0.2) is 4.68 Å². The fourth-order valence-electron chi connectivity index (χ4n) is 2.00. The van der Waals surface area contributed by atoms with E-state index in [1.165, 1.54) is 11.0 Å². The van der Waals surface area contributed by atoms with E-state index in [9.17, 15) is 4.79 Å². The van der Waals surface area contributed by atoms with Gasteiger partial charge in [-0.15, -0.1) is 11.3 Å². The van der Waals surface area contributed by atoms with Crippen LogP contribution in [0.1, 0.15) is 15.9 Å². The average Bonchev–Trinajstić information content (AvgIpc) is 3.00. The van der Waals surface area contributed by atoms with E-state index in [-0.39, 0.29) is 5.91 Å². The second-order valence-corrected chi connectivity index (χ2v) is 5.15. The average molecular weight is 272 g/mol. The molecule has 0 spiro atoms. The number of rotatable bonds is 2. The number of benzene rings is 1. The van der Waals surface area contributed by atoms with E-state index < -0.39 is 0 Å². The quantitative estimate of drug-likeness (QED) is 0.780. The summed E-state index contributed by atoms with van der Waals surface area (Å²) in [4.78, 5) is 16.2. The number of fused-ring (bicyclic) bond motifs is 1. The highest BCUT2D eigenvalue weighted by molar-refractivity contribution is 7.17. The van der Waals surface area contributed by atoms with Crippen LogP contribution in [0, 0.1) is 6.92 Å². The first-order valence-corrected chi connectivity index (χ1v) is 6.67. The number of nitrogens with zero attached hydrogens (tertiary/aromatic N) is 3. The Bertz CT molecular complexity index is 759. The van der Waals surface area contributed by atoms with Crippen molar-refractivity contribution in [2.45, 2.75) is 6.92 Å². The highest BCUT2D eigenvalue weighted by atomic mass is 32.1. The highest BCUT2D eigenvalue weighted by Gasteiger charge is 2.14. The normalized spacial score (nSPS) is 10.8. The third-order valence-electron chi connectivity index (χ3n) is 3.05. The van der Waals surface area contributed by atoms with Crippen molar-refractivity contribution in [2.75, 3.05) is 5.32 Å². The molecule has 0 aliphatic carbocycles. The lowest BCUT2D eigenvalue weighted by Crippen LogP contribution is -2.16. The molecule has 19 heavy (non-hydrogen) atoms. The van der Waals surface area contributed by atoms with Gasteiger partial charge in [-0.2, -0.15) is 10.1 Å². The summed E-state index contributed by atoms with van der Waals surface area (Å²) in [6, 6.07) is 5.86. The van der Waals surface area contributed by atoms with Crippen molar-refractivity contribution in [3.63, 3.8) is 0 Å². The van der Waals surface area contributed by atoms with Gasteiger partial charge in [0.2, 0.25) is 5.95 Å². The van der Waals surface area contributed by atoms with E-state index in [2.05, 4.69) is 21.5 Å². The smallest absolute Gasteiger partial charge is 0.258 e. The van der Waals surface area contributed by atoms with Gasteiger partial charge in [-0.1, -0.05) is 6.07 Å². The van der Waals surface area contributed by atoms with Crippen LogP contribution in [0.25, 0.3) is 10.1 Å². The minimum Gasteiger partial charge on any atom is -0.291 e. The van der Waals surface area contributed by atoms with E-state index in [4.69, 9.17) is 0 Å². The van der Waals surface area contributed by atoms with E-state index >= 15 is 0 Å². The van der Waals surface area contributed by atoms with Crippen molar-refractivity contribution in [3.05, 3.63) is 41.0 Å². The summed E-state index contributed by atoms with van der Waals surface area (Å²) >= 11 is 1.64. The predicted molar refractivity (Wildman–Crippen MR) is 75.5 cm³/mol. The van der Waals surface area contributed by atoms with Gasteiger partial charge in [0.25, 0.3) is 5.91 Å². The molecule has 0 saturated carbocycles. The summed E-state index contributed by atoms with van der Waals surface area (Å²) in [6.07, 6.45) is 1.41. The minimum absolute atomic E-state index is 0.163. The Morgan fingerprint density at radius 3 is 2.95 bits per heavy atom. The lowest BCUT2D eigenvalue weighted by molar-refractivity contribution is 0.102. The summed E-state index contributed by atoms with van der Waals surface area (Å²) in [6.45, 7) is 1.96. The Labute approximate surface area is 113 Å². The maximum Gasteiger partial charge on any atom is 0.258 e. The Kier molecular flexibility index (Phi) is 2.79. The molecule has 0 aliphatic heterocycles. The van der Waals surface area contributed by atoms with Gasteiger partial charge >= 0.3 is 0 Å². The van der Waals surface area contributed by atoms with Crippen molar-refractivity contribution >= 4 is 33.3 Å². The number of amides is 1. The van der Waals surface area contributed by atoms with Crippen LogP contribution in [0.4, 0.5) is 5.95 Å². The molecular formula is C13H12N4OS. The van der Waals surface area contributed by atoms with Crippen molar-refractivity contribution in [2.24, 2.45) is 7.05 Å². The Morgan fingerprint density at radius 2 is 2.21 bits per heavy atom. The highest BCUT2D eigenvalue weighted by Crippen LogP contribution is 2.27. The topological polar surface area (TPSA) is 59.8 Å². The number of anilines is 1. The molecule has 96 valence electrons. The molecule has 0 atom stereocenters. The molecular weight excluding hydrogens is 260 g/mol. The third kappa shape index (κ3) is 2.00. The van der Waals surface area contributed by atoms with Gasteiger partial charge in [-0.05, 0) is 35.4 Å². The second kappa shape index (κ2) is 4.47. The molecule has 2 heterocycles. The zero-order valence-corrected chi connectivity index (χ0v) is 11.4. The number of hydrogen-bond acceptors (Lipinski definition) is 4. The van der Waals surface area contributed by atoms with Crippen LogP contribution < -0.4 is 5.32 Å². The molecule has 0 unspecified atom stereocenters. The molecule has 5 nitrogen and oxygen atoms in total. The fraction of sp³-hybridized carbons (Fsp3) is 0.154. The van der Waals surface area contributed by atoms with Crippen LogP contribution in [-0.2, 0) is 7.05 Å². The maximum absolute atomic E-state index is 12.3. The van der Waals surface area contributed by atoms with Gasteiger partial charge in [0, 0.05) is 17.3 Å². The fourth-order valence-corrected chi connectivity index (χ4v) is 2.91. The van der Waals surface area contributed by atoms with Crippen LogP contribution in [0.2, 0.25) is 0 Å². The zero-order chi connectivity index (χ0) is 13.4. The van der Waals surface area contributed by atoms with E-state index in [1.54, 1.807) is 18.4 Å². The van der Waals surface area contributed by atoms with Gasteiger partial charge in [-0.3, -0.25) is 10.1 Å². The van der Waals surface area contributed by atoms with E-state index in [0.717, 1.165) is 15.6 Å². The molecule has 6 heteroatoms. The zero-order valence-electron chi connectivity index (χ0n) is 10.5. The Morgan fingerprint density at radius 1 is 1.37 bits per heavy atom.